The number of aryl methyl sites for hydroxylation is 1. The summed E-state index contributed by atoms with van der Waals surface area (Å²) in [5, 5.41) is 2.46. The summed E-state index contributed by atoms with van der Waals surface area (Å²) in [7, 11) is 0. The van der Waals surface area contributed by atoms with Crippen molar-refractivity contribution in [2.75, 3.05) is 9.80 Å². The maximum atomic E-state index is 4.46. The fourth-order valence-corrected chi connectivity index (χ4v) is 7.45. The zero-order valence-corrected chi connectivity index (χ0v) is 38.2. The summed E-state index contributed by atoms with van der Waals surface area (Å²) < 4.78 is 0. The summed E-state index contributed by atoms with van der Waals surface area (Å²) in [5.41, 5.74) is 16.9. The molecule has 0 saturated carbocycles. The first-order valence-corrected chi connectivity index (χ1v) is 22.1. The van der Waals surface area contributed by atoms with Crippen molar-refractivity contribution in [1.82, 2.24) is 0 Å². The second kappa shape index (κ2) is 23.8. The third kappa shape index (κ3) is 11.0. The first-order valence-electron chi connectivity index (χ1n) is 22.1. The zero-order valence-electron chi connectivity index (χ0n) is 38.2. The van der Waals surface area contributed by atoms with Crippen LogP contribution in [-0.4, -0.2) is 0 Å². The highest BCUT2D eigenvalue weighted by Gasteiger charge is 2.32. The summed E-state index contributed by atoms with van der Waals surface area (Å²) in [5.74, 6) is 0. The standard InChI is InChI=1S/C48H40N2.C5H8.3C2H6/c1-5-7-8-16-47-45-31-39(20-26-48(45)50(47)42-22-17-35(6-2)29-42)38-19-24-43(34(4)28-38)40-21-25-46-44(32-40)33(3)13-11-12-27-49(46)41-23-18-36-14-9-10-15-37(36)30-41;1-3-5-4-2;3*1-2/h5,7-16,18-32H,1,3,6,17H2,2,4H3;3-5H,1H2,2H3;3*1-2H3/b8-7-,13-11-,27-12-,47-16-;5-4-;;;. The topological polar surface area (TPSA) is 6.48 Å². The maximum Gasteiger partial charge on any atom is 0.0555 e. The molecule has 0 spiro atoms. The lowest BCUT2D eigenvalue weighted by Crippen LogP contribution is -2.29. The van der Waals surface area contributed by atoms with Crippen molar-refractivity contribution >= 4 is 39.1 Å². The molecule has 8 rings (SSSR count). The van der Waals surface area contributed by atoms with Crippen molar-refractivity contribution in [3.63, 3.8) is 0 Å². The molecule has 0 aromatic heterocycles. The van der Waals surface area contributed by atoms with Gasteiger partial charge in [-0.05, 0) is 125 Å². The van der Waals surface area contributed by atoms with Crippen LogP contribution in [0, 0.1) is 6.92 Å². The first-order chi connectivity index (χ1) is 29.9. The lowest BCUT2D eigenvalue weighted by molar-refractivity contribution is 1.05. The Kier molecular flexibility index (Phi) is 18.4. The SMILES string of the molecule is C=C/C=C\C.C=C/C=C\C=C1\c2cc(-c3ccc(-c4ccc5c(c4)C(=C)/C=C\C=C/N5c4ccc5ccccc5c4)c(C)c3)ccc2N1C1=CCC(CC)=C1.CC.CC.CC. The number of anilines is 3. The molecule has 2 heterocycles. The number of allylic oxidation sites excluding steroid dienone is 14. The molecule has 61 heavy (non-hydrogen) atoms. The Hall–Kier alpha value is -6.64. The maximum absolute atomic E-state index is 4.46. The first kappa shape index (κ1) is 47.0. The molecule has 0 saturated heterocycles. The lowest BCUT2D eigenvalue weighted by Gasteiger charge is -2.39. The van der Waals surface area contributed by atoms with Crippen molar-refractivity contribution in [3.8, 4) is 22.3 Å². The Labute approximate surface area is 368 Å². The van der Waals surface area contributed by atoms with Crippen molar-refractivity contribution in [1.29, 1.82) is 0 Å². The molecule has 2 aliphatic heterocycles. The van der Waals surface area contributed by atoms with Gasteiger partial charge in [-0.1, -0.05) is 189 Å². The minimum atomic E-state index is 0.990. The monoisotopic (exact) mass is 803 g/mol. The quantitative estimate of drug-likeness (QED) is 0.144. The van der Waals surface area contributed by atoms with Crippen LogP contribution in [0.15, 0.2) is 207 Å². The Morgan fingerprint density at radius 1 is 0.656 bits per heavy atom. The van der Waals surface area contributed by atoms with Gasteiger partial charge in [-0.3, -0.25) is 0 Å². The highest BCUT2D eigenvalue weighted by atomic mass is 15.2. The van der Waals surface area contributed by atoms with Crippen molar-refractivity contribution in [2.45, 2.75) is 75.2 Å². The molecule has 0 atom stereocenters. The third-order valence-electron chi connectivity index (χ3n) is 10.3. The number of rotatable bonds is 8. The van der Waals surface area contributed by atoms with Crippen molar-refractivity contribution in [3.05, 3.63) is 224 Å². The molecule has 1 aliphatic carbocycles. The van der Waals surface area contributed by atoms with Gasteiger partial charge >= 0.3 is 0 Å². The Bertz CT molecular complexity index is 2530. The van der Waals surface area contributed by atoms with Gasteiger partial charge in [0.15, 0.2) is 0 Å². The van der Waals surface area contributed by atoms with E-state index in [1.54, 1.807) is 6.08 Å². The molecule has 312 valence electrons. The van der Waals surface area contributed by atoms with Gasteiger partial charge in [0.1, 0.15) is 0 Å². The number of hydrogen-bond acceptors (Lipinski definition) is 2. The smallest absolute Gasteiger partial charge is 0.0555 e. The molecule has 0 N–H and O–H groups in total. The van der Waals surface area contributed by atoms with Crippen LogP contribution in [0.25, 0.3) is 44.3 Å². The van der Waals surface area contributed by atoms with Gasteiger partial charge in [0.25, 0.3) is 0 Å². The molecular formula is C59H66N2. The highest BCUT2D eigenvalue weighted by molar-refractivity contribution is 6.02. The predicted molar refractivity (Wildman–Crippen MR) is 275 cm³/mol. The number of benzene rings is 5. The van der Waals surface area contributed by atoms with Crippen LogP contribution in [0.5, 0.6) is 0 Å². The van der Waals surface area contributed by atoms with Gasteiger partial charge in [0.05, 0.1) is 17.1 Å². The highest BCUT2D eigenvalue weighted by Crippen LogP contribution is 2.48. The Balaban J connectivity index is 0.000000679. The molecule has 0 fully saturated rings. The predicted octanol–water partition coefficient (Wildman–Crippen LogP) is 18.1. The number of fused-ring (bicyclic) bond motifs is 3. The van der Waals surface area contributed by atoms with Crippen LogP contribution >= 0.6 is 0 Å². The van der Waals surface area contributed by atoms with E-state index in [2.05, 4.69) is 189 Å². The number of hydrogen-bond donors (Lipinski definition) is 0. The van der Waals surface area contributed by atoms with Crippen LogP contribution < -0.4 is 9.80 Å². The van der Waals surface area contributed by atoms with E-state index < -0.39 is 0 Å². The number of nitrogens with zero attached hydrogens (tertiary/aromatic N) is 2. The molecule has 5 aromatic rings. The fraction of sp³-hybridized carbons (Fsp3) is 0.186. The summed E-state index contributed by atoms with van der Waals surface area (Å²) in [6, 6.07) is 35.6. The summed E-state index contributed by atoms with van der Waals surface area (Å²) in [6.07, 6.45) is 28.8. The third-order valence-corrected chi connectivity index (χ3v) is 10.3. The van der Waals surface area contributed by atoms with Crippen molar-refractivity contribution in [2.24, 2.45) is 0 Å². The van der Waals surface area contributed by atoms with Crippen LogP contribution in [-0.2, 0) is 0 Å². The normalized spacial score (nSPS) is 15.1. The molecule has 0 bridgehead atoms. The van der Waals surface area contributed by atoms with Crippen LogP contribution in [0.3, 0.4) is 0 Å². The van der Waals surface area contributed by atoms with Gasteiger partial charge in [0.2, 0.25) is 0 Å². The largest absolute Gasteiger partial charge is 0.317 e. The van der Waals surface area contributed by atoms with Crippen LogP contribution in [0.4, 0.5) is 17.1 Å². The summed E-state index contributed by atoms with van der Waals surface area (Å²) >= 11 is 0. The van der Waals surface area contributed by atoms with E-state index in [-0.39, 0.29) is 0 Å². The van der Waals surface area contributed by atoms with E-state index in [0.29, 0.717) is 0 Å². The Morgan fingerprint density at radius 2 is 1.33 bits per heavy atom. The van der Waals surface area contributed by atoms with E-state index >= 15 is 0 Å². The molecule has 0 unspecified atom stereocenters. The molecule has 2 nitrogen and oxygen atoms in total. The van der Waals surface area contributed by atoms with Crippen LogP contribution in [0.1, 0.15) is 84.9 Å². The molecule has 0 radical (unpaired) electrons. The van der Waals surface area contributed by atoms with E-state index in [1.807, 2.05) is 72.8 Å². The second-order valence-corrected chi connectivity index (χ2v) is 13.9. The van der Waals surface area contributed by atoms with Gasteiger partial charge in [0, 0.05) is 28.7 Å². The van der Waals surface area contributed by atoms with E-state index in [0.717, 1.165) is 35.4 Å². The minimum Gasteiger partial charge on any atom is -0.317 e. The molecular weight excluding hydrogens is 737 g/mol. The minimum absolute atomic E-state index is 0.990. The van der Waals surface area contributed by atoms with Crippen LogP contribution in [0.2, 0.25) is 0 Å². The van der Waals surface area contributed by atoms with Crippen molar-refractivity contribution < 1.29 is 0 Å². The van der Waals surface area contributed by atoms with E-state index in [4.69, 9.17) is 0 Å². The molecule has 2 heteroatoms. The lowest BCUT2D eigenvalue weighted by atomic mass is 9.90. The molecule has 3 aliphatic rings. The Morgan fingerprint density at radius 3 is 2.00 bits per heavy atom. The van der Waals surface area contributed by atoms with E-state index in [1.165, 1.54) is 66.8 Å². The average molecular weight is 803 g/mol. The van der Waals surface area contributed by atoms with E-state index in [9.17, 15) is 0 Å². The second-order valence-electron chi connectivity index (χ2n) is 13.9. The summed E-state index contributed by atoms with van der Waals surface area (Å²) in [6.45, 7) is 30.2. The zero-order chi connectivity index (χ0) is 44.3. The van der Waals surface area contributed by atoms with Gasteiger partial charge in [-0.15, -0.1) is 0 Å². The van der Waals surface area contributed by atoms with Gasteiger partial charge < -0.3 is 9.80 Å². The molecule has 5 aromatic carbocycles. The van der Waals surface area contributed by atoms with Gasteiger partial charge in [-0.2, -0.15) is 0 Å². The fourth-order valence-electron chi connectivity index (χ4n) is 7.45. The van der Waals surface area contributed by atoms with Gasteiger partial charge in [-0.25, -0.2) is 0 Å². The average Bonchev–Trinajstić information content (AvgIpc) is 3.78. The molecule has 0 amide bonds. The summed E-state index contributed by atoms with van der Waals surface area (Å²) in [4.78, 5) is 4.64.